The van der Waals surface area contributed by atoms with Gasteiger partial charge in [0.05, 0.1) is 6.10 Å². The number of hydrogen-bond acceptors (Lipinski definition) is 5. The standard InChI is InChI=1S/C24H31NO5/c1-21-7-4-14(26)10-13(21)11-15(20(28)25-3)19-16-5-8-23(9-6-18(27)30-23)22(16,2)12-17-24(19,21)29-17/h10,15-17,19H,4-9,11-12H2,1-3H3,(H,25,28)/t15-,16?,17+,19?,21+,22+,23-,24?/m1/s1. The zero-order valence-corrected chi connectivity index (χ0v) is 18.1. The Morgan fingerprint density at radius 1 is 1.17 bits per heavy atom. The number of nitrogens with one attached hydrogen (secondary N) is 1. The summed E-state index contributed by atoms with van der Waals surface area (Å²) in [6, 6.07) is 0. The van der Waals surface area contributed by atoms with E-state index in [4.69, 9.17) is 9.47 Å². The number of amides is 1. The van der Waals surface area contributed by atoms with Gasteiger partial charge in [0.1, 0.15) is 11.2 Å². The molecule has 5 fully saturated rings. The van der Waals surface area contributed by atoms with Crippen molar-refractivity contribution in [2.24, 2.45) is 28.6 Å². The number of hydrogen-bond donors (Lipinski definition) is 1. The van der Waals surface area contributed by atoms with Crippen LogP contribution >= 0.6 is 0 Å². The number of epoxide rings is 1. The van der Waals surface area contributed by atoms with Gasteiger partial charge in [-0.1, -0.05) is 19.4 Å². The van der Waals surface area contributed by atoms with E-state index >= 15 is 0 Å². The molecule has 3 saturated carbocycles. The SMILES string of the molecule is CNC(=O)[C@@H]1CC2=CC(=O)CC[C@]2(C)C23O[C@H]2C[C@@]2(C)C(CC[C@@]24CCC(=O)O4)C13. The third-order valence-electron chi connectivity index (χ3n) is 10.3. The molecule has 2 heterocycles. The van der Waals surface area contributed by atoms with Crippen LogP contribution in [-0.4, -0.2) is 42.0 Å². The molecule has 2 spiro atoms. The molecule has 162 valence electrons. The Morgan fingerprint density at radius 2 is 1.97 bits per heavy atom. The zero-order valence-electron chi connectivity index (χ0n) is 18.1. The summed E-state index contributed by atoms with van der Waals surface area (Å²) in [7, 11) is 1.70. The maximum Gasteiger partial charge on any atom is 0.306 e. The maximum absolute atomic E-state index is 13.1. The molecule has 30 heavy (non-hydrogen) atoms. The van der Waals surface area contributed by atoms with Crippen molar-refractivity contribution in [3.63, 3.8) is 0 Å². The quantitative estimate of drug-likeness (QED) is 0.528. The monoisotopic (exact) mass is 413 g/mol. The zero-order chi connectivity index (χ0) is 21.1. The molecule has 0 aromatic rings. The minimum atomic E-state index is -0.403. The first-order chi connectivity index (χ1) is 14.2. The highest BCUT2D eigenvalue weighted by Gasteiger charge is 2.83. The van der Waals surface area contributed by atoms with Gasteiger partial charge in [-0.05, 0) is 50.5 Å². The number of carbonyl (C=O) groups is 3. The molecule has 1 N–H and O–H groups in total. The highest BCUT2D eigenvalue weighted by Crippen LogP contribution is 2.78. The molecule has 0 radical (unpaired) electrons. The minimum Gasteiger partial charge on any atom is -0.458 e. The van der Waals surface area contributed by atoms with Crippen LogP contribution in [-0.2, 0) is 23.9 Å². The van der Waals surface area contributed by atoms with E-state index in [1.54, 1.807) is 7.05 Å². The summed E-state index contributed by atoms with van der Waals surface area (Å²) in [6.45, 7) is 4.55. The first-order valence-electron chi connectivity index (χ1n) is 11.6. The van der Waals surface area contributed by atoms with Crippen molar-refractivity contribution in [2.75, 3.05) is 7.05 Å². The molecule has 8 atom stereocenters. The lowest BCUT2D eigenvalue weighted by molar-refractivity contribution is -0.167. The molecule has 2 aliphatic heterocycles. The second-order valence-electron chi connectivity index (χ2n) is 11.1. The second-order valence-corrected chi connectivity index (χ2v) is 11.1. The van der Waals surface area contributed by atoms with Crippen LogP contribution in [0.15, 0.2) is 11.6 Å². The van der Waals surface area contributed by atoms with E-state index in [2.05, 4.69) is 19.2 Å². The van der Waals surface area contributed by atoms with Crippen molar-refractivity contribution < 1.29 is 23.9 Å². The Bertz CT molecular complexity index is 911. The van der Waals surface area contributed by atoms with Crippen LogP contribution in [0.2, 0.25) is 0 Å². The molecule has 0 aromatic heterocycles. The highest BCUT2D eigenvalue weighted by atomic mass is 16.6. The second kappa shape index (κ2) is 5.56. The number of rotatable bonds is 1. The van der Waals surface area contributed by atoms with Gasteiger partial charge >= 0.3 is 5.97 Å². The summed E-state index contributed by atoms with van der Waals surface area (Å²) in [5.41, 5.74) is -0.0188. The number of carbonyl (C=O) groups excluding carboxylic acids is 3. The first kappa shape index (κ1) is 19.0. The van der Waals surface area contributed by atoms with Crippen LogP contribution < -0.4 is 5.32 Å². The van der Waals surface area contributed by atoms with E-state index in [1.807, 2.05) is 6.08 Å². The molecule has 3 unspecified atom stereocenters. The predicted molar refractivity (Wildman–Crippen MR) is 107 cm³/mol. The van der Waals surface area contributed by atoms with Crippen LogP contribution in [0.1, 0.15) is 65.2 Å². The summed E-state index contributed by atoms with van der Waals surface area (Å²) in [5, 5.41) is 2.89. The number of ether oxygens (including phenoxy) is 2. The average molecular weight is 414 g/mol. The van der Waals surface area contributed by atoms with Crippen molar-refractivity contribution >= 4 is 17.7 Å². The molecular weight excluding hydrogens is 382 g/mol. The fourth-order valence-electron chi connectivity index (χ4n) is 8.75. The van der Waals surface area contributed by atoms with Crippen LogP contribution in [0.4, 0.5) is 0 Å². The minimum absolute atomic E-state index is 0.0446. The Kier molecular flexibility index (Phi) is 3.53. The van der Waals surface area contributed by atoms with Gasteiger partial charge in [-0.15, -0.1) is 0 Å². The molecule has 6 heteroatoms. The Morgan fingerprint density at radius 3 is 2.67 bits per heavy atom. The van der Waals surface area contributed by atoms with Crippen LogP contribution in [0.5, 0.6) is 0 Å². The number of esters is 1. The van der Waals surface area contributed by atoms with Gasteiger partial charge in [0.25, 0.3) is 0 Å². The van der Waals surface area contributed by atoms with Crippen LogP contribution in [0, 0.1) is 28.6 Å². The van der Waals surface area contributed by atoms with Crippen molar-refractivity contribution in [3.05, 3.63) is 11.6 Å². The van der Waals surface area contributed by atoms with Crippen LogP contribution in [0.3, 0.4) is 0 Å². The van der Waals surface area contributed by atoms with Crippen molar-refractivity contribution in [1.29, 1.82) is 0 Å². The molecular formula is C24H31NO5. The Balaban J connectivity index is 1.49. The molecule has 0 bridgehead atoms. The van der Waals surface area contributed by atoms with Crippen LogP contribution in [0.25, 0.3) is 0 Å². The van der Waals surface area contributed by atoms with Gasteiger partial charge in [0.15, 0.2) is 5.78 Å². The predicted octanol–water partition coefficient (Wildman–Crippen LogP) is 2.70. The summed E-state index contributed by atoms with van der Waals surface area (Å²) >= 11 is 0. The molecule has 0 aromatic carbocycles. The summed E-state index contributed by atoms with van der Waals surface area (Å²) in [5.74, 6) is 0.296. The molecule has 6 aliphatic rings. The van der Waals surface area contributed by atoms with Gasteiger partial charge in [-0.3, -0.25) is 14.4 Å². The van der Waals surface area contributed by atoms with Gasteiger partial charge in [-0.25, -0.2) is 0 Å². The van der Waals surface area contributed by atoms with Crippen molar-refractivity contribution in [3.8, 4) is 0 Å². The summed E-state index contributed by atoms with van der Waals surface area (Å²) in [6.07, 6.45) is 7.86. The number of ketones is 1. The fraction of sp³-hybridized carbons (Fsp3) is 0.792. The molecule has 2 saturated heterocycles. The first-order valence-corrected chi connectivity index (χ1v) is 11.6. The van der Waals surface area contributed by atoms with E-state index in [1.165, 1.54) is 0 Å². The topological polar surface area (TPSA) is 85.0 Å². The van der Waals surface area contributed by atoms with Gasteiger partial charge in [0, 0.05) is 42.6 Å². The lowest BCUT2D eigenvalue weighted by atomic mass is 9.43. The largest absolute Gasteiger partial charge is 0.458 e. The lowest BCUT2D eigenvalue weighted by Crippen LogP contribution is -2.63. The van der Waals surface area contributed by atoms with Gasteiger partial charge in [-0.2, -0.15) is 0 Å². The van der Waals surface area contributed by atoms with Gasteiger partial charge < -0.3 is 14.8 Å². The number of fused-ring (bicyclic) bond motifs is 4. The summed E-state index contributed by atoms with van der Waals surface area (Å²) in [4.78, 5) is 37.5. The van der Waals surface area contributed by atoms with E-state index in [0.717, 1.165) is 37.7 Å². The van der Waals surface area contributed by atoms with E-state index in [9.17, 15) is 14.4 Å². The van der Waals surface area contributed by atoms with Crippen molar-refractivity contribution in [2.45, 2.75) is 82.5 Å². The molecule has 6 rings (SSSR count). The third-order valence-corrected chi connectivity index (χ3v) is 10.3. The highest BCUT2D eigenvalue weighted by molar-refractivity contribution is 5.92. The Hall–Kier alpha value is -1.69. The van der Waals surface area contributed by atoms with E-state index in [0.29, 0.717) is 19.3 Å². The lowest BCUT2D eigenvalue weighted by Gasteiger charge is -2.58. The average Bonchev–Trinajstić information content (AvgIpc) is 3.20. The maximum atomic E-state index is 13.1. The smallest absolute Gasteiger partial charge is 0.306 e. The Labute approximate surface area is 177 Å². The third kappa shape index (κ3) is 1.94. The van der Waals surface area contributed by atoms with E-state index < -0.39 is 5.60 Å². The van der Waals surface area contributed by atoms with Gasteiger partial charge in [0.2, 0.25) is 5.91 Å². The summed E-state index contributed by atoms with van der Waals surface area (Å²) < 4.78 is 12.7. The van der Waals surface area contributed by atoms with E-state index in [-0.39, 0.29) is 57.9 Å². The normalized spacial score (nSPS) is 53.2. The van der Waals surface area contributed by atoms with Crippen molar-refractivity contribution in [1.82, 2.24) is 5.32 Å². The fourth-order valence-corrected chi connectivity index (χ4v) is 8.75. The molecule has 4 aliphatic carbocycles. The molecule has 1 amide bonds. The molecule has 6 nitrogen and oxygen atoms in total.